The lowest BCUT2D eigenvalue weighted by atomic mass is 9.94. The average Bonchev–Trinajstić information content (AvgIpc) is 2.91. The van der Waals surface area contributed by atoms with Crippen LogP contribution in [-0.2, 0) is 9.47 Å². The van der Waals surface area contributed by atoms with Gasteiger partial charge < -0.3 is 19.7 Å². The van der Waals surface area contributed by atoms with E-state index in [1.165, 1.54) is 0 Å². The zero-order valence-electron chi connectivity index (χ0n) is 12.8. The first-order valence-corrected chi connectivity index (χ1v) is 7.90. The molecule has 20 heavy (non-hydrogen) atoms. The van der Waals surface area contributed by atoms with Gasteiger partial charge >= 0.3 is 6.03 Å². The number of urea groups is 1. The summed E-state index contributed by atoms with van der Waals surface area (Å²) in [6, 6.07) is 0.386. The maximum Gasteiger partial charge on any atom is 0.317 e. The fourth-order valence-corrected chi connectivity index (χ4v) is 3.03. The number of carbonyl (C=O) groups excluding carboxylic acids is 1. The van der Waals surface area contributed by atoms with Crippen LogP contribution in [0.2, 0.25) is 0 Å². The van der Waals surface area contributed by atoms with Gasteiger partial charge in [-0.2, -0.15) is 0 Å². The molecule has 2 fully saturated rings. The Bertz CT molecular complexity index is 305. The minimum Gasteiger partial charge on any atom is -0.377 e. The number of rotatable bonds is 5. The van der Waals surface area contributed by atoms with Crippen LogP contribution >= 0.6 is 0 Å². The molecular formula is C15H28N2O3. The van der Waals surface area contributed by atoms with Gasteiger partial charge in [-0.25, -0.2) is 4.79 Å². The second kappa shape index (κ2) is 7.84. The normalized spacial score (nSPS) is 30.5. The largest absolute Gasteiger partial charge is 0.377 e. The molecule has 0 radical (unpaired) electrons. The molecule has 0 aromatic carbocycles. The molecule has 5 nitrogen and oxygen atoms in total. The lowest BCUT2D eigenvalue weighted by Gasteiger charge is -2.36. The van der Waals surface area contributed by atoms with E-state index in [1.807, 2.05) is 4.90 Å². The van der Waals surface area contributed by atoms with Crippen molar-refractivity contribution in [2.45, 2.75) is 51.7 Å². The van der Waals surface area contributed by atoms with Crippen molar-refractivity contribution < 1.29 is 14.3 Å². The van der Waals surface area contributed by atoms with Crippen LogP contribution in [0.1, 0.15) is 39.5 Å². The average molecular weight is 284 g/mol. The number of hydrogen-bond donors (Lipinski definition) is 1. The monoisotopic (exact) mass is 284 g/mol. The predicted molar refractivity (Wildman–Crippen MR) is 77.8 cm³/mol. The van der Waals surface area contributed by atoms with Gasteiger partial charge in [0.1, 0.15) is 0 Å². The van der Waals surface area contributed by atoms with Crippen molar-refractivity contribution in [1.29, 1.82) is 0 Å². The molecule has 2 heterocycles. The highest BCUT2D eigenvalue weighted by Crippen LogP contribution is 2.21. The predicted octanol–water partition coefficient (Wildman–Crippen LogP) is 2.01. The smallest absolute Gasteiger partial charge is 0.317 e. The molecule has 2 rings (SSSR count). The molecule has 0 bridgehead atoms. The summed E-state index contributed by atoms with van der Waals surface area (Å²) in [6.07, 6.45) is 4.69. The topological polar surface area (TPSA) is 50.8 Å². The van der Waals surface area contributed by atoms with Crippen LogP contribution in [0.4, 0.5) is 4.79 Å². The van der Waals surface area contributed by atoms with E-state index in [2.05, 4.69) is 19.2 Å². The lowest BCUT2D eigenvalue weighted by molar-refractivity contribution is 0.0184. The van der Waals surface area contributed by atoms with Crippen molar-refractivity contribution in [3.63, 3.8) is 0 Å². The zero-order chi connectivity index (χ0) is 14.4. The summed E-state index contributed by atoms with van der Waals surface area (Å²) >= 11 is 0. The maximum absolute atomic E-state index is 12.1. The Labute approximate surface area is 122 Å². The highest BCUT2D eigenvalue weighted by atomic mass is 16.5. The Morgan fingerprint density at radius 2 is 2.25 bits per heavy atom. The van der Waals surface area contributed by atoms with Crippen molar-refractivity contribution in [3.8, 4) is 0 Å². The van der Waals surface area contributed by atoms with E-state index in [1.54, 1.807) is 0 Å². The van der Waals surface area contributed by atoms with Gasteiger partial charge in [-0.05, 0) is 38.5 Å². The van der Waals surface area contributed by atoms with E-state index >= 15 is 0 Å². The summed E-state index contributed by atoms with van der Waals surface area (Å²) in [5.74, 6) is 0.726. The number of amides is 2. The number of ether oxygens (including phenoxy) is 2. The number of likely N-dealkylation sites (tertiary alicyclic amines) is 1. The van der Waals surface area contributed by atoms with E-state index < -0.39 is 0 Å². The summed E-state index contributed by atoms with van der Waals surface area (Å²) < 4.78 is 11.0. The van der Waals surface area contributed by atoms with Crippen LogP contribution in [0.5, 0.6) is 0 Å². The molecule has 2 aliphatic rings. The molecule has 0 spiro atoms. The Morgan fingerprint density at radius 3 is 2.95 bits per heavy atom. The van der Waals surface area contributed by atoms with Crippen LogP contribution in [0, 0.1) is 5.92 Å². The standard InChI is InChI=1S/C15H28N2O3/c1-12-5-7-17(13(2)10-12)15(18)16-6-9-19-11-14-4-3-8-20-14/h12-14H,3-11H2,1-2H3,(H,16,18)/t12-,13-,14+/m1/s1. The molecule has 116 valence electrons. The van der Waals surface area contributed by atoms with Crippen molar-refractivity contribution in [1.82, 2.24) is 10.2 Å². The molecule has 0 aliphatic carbocycles. The third kappa shape index (κ3) is 4.63. The van der Waals surface area contributed by atoms with E-state index in [-0.39, 0.29) is 12.1 Å². The fourth-order valence-electron chi connectivity index (χ4n) is 3.03. The summed E-state index contributed by atoms with van der Waals surface area (Å²) in [7, 11) is 0. The van der Waals surface area contributed by atoms with E-state index in [9.17, 15) is 4.79 Å². The molecule has 2 saturated heterocycles. The molecule has 2 aliphatic heterocycles. The highest BCUT2D eigenvalue weighted by Gasteiger charge is 2.26. The van der Waals surface area contributed by atoms with E-state index in [0.29, 0.717) is 25.8 Å². The summed E-state index contributed by atoms with van der Waals surface area (Å²) in [4.78, 5) is 14.0. The molecule has 1 N–H and O–H groups in total. The van der Waals surface area contributed by atoms with Gasteiger partial charge in [0.25, 0.3) is 0 Å². The first-order chi connectivity index (χ1) is 9.66. The van der Waals surface area contributed by atoms with Crippen molar-refractivity contribution >= 4 is 6.03 Å². The molecule has 0 aromatic heterocycles. The maximum atomic E-state index is 12.1. The number of nitrogens with zero attached hydrogens (tertiary/aromatic N) is 1. The Morgan fingerprint density at radius 1 is 1.40 bits per heavy atom. The number of hydrogen-bond acceptors (Lipinski definition) is 3. The van der Waals surface area contributed by atoms with Gasteiger partial charge in [-0.15, -0.1) is 0 Å². The molecule has 5 heteroatoms. The molecule has 3 atom stereocenters. The number of carbonyl (C=O) groups is 1. The van der Waals surface area contributed by atoms with Gasteiger partial charge in [0.2, 0.25) is 0 Å². The first kappa shape index (κ1) is 15.6. The quantitative estimate of drug-likeness (QED) is 0.786. The third-order valence-corrected chi connectivity index (χ3v) is 4.25. The minimum absolute atomic E-state index is 0.0464. The SMILES string of the molecule is C[C@@H]1CCN(C(=O)NCCOC[C@@H]2CCCO2)[C@H](C)C1. The van der Waals surface area contributed by atoms with Gasteiger partial charge in [-0.3, -0.25) is 0 Å². The van der Waals surface area contributed by atoms with Gasteiger partial charge in [0.05, 0.1) is 19.3 Å². The van der Waals surface area contributed by atoms with Crippen LogP contribution < -0.4 is 5.32 Å². The van der Waals surface area contributed by atoms with Gasteiger partial charge in [0.15, 0.2) is 0 Å². The molecule has 0 aromatic rings. The molecule has 0 unspecified atom stereocenters. The van der Waals surface area contributed by atoms with Crippen LogP contribution in [-0.4, -0.2) is 56.0 Å². The van der Waals surface area contributed by atoms with E-state index in [0.717, 1.165) is 44.8 Å². The number of nitrogens with one attached hydrogen (secondary N) is 1. The Balaban J connectivity index is 1.55. The highest BCUT2D eigenvalue weighted by molar-refractivity contribution is 5.74. The summed E-state index contributed by atoms with van der Waals surface area (Å²) in [5.41, 5.74) is 0. The summed E-state index contributed by atoms with van der Waals surface area (Å²) in [5, 5.41) is 2.94. The summed E-state index contributed by atoms with van der Waals surface area (Å²) in [6.45, 7) is 7.89. The molecular weight excluding hydrogens is 256 g/mol. The Kier molecular flexibility index (Phi) is 6.10. The second-order valence-electron chi connectivity index (χ2n) is 6.11. The van der Waals surface area contributed by atoms with Gasteiger partial charge in [0, 0.05) is 25.7 Å². The van der Waals surface area contributed by atoms with Gasteiger partial charge in [-0.1, -0.05) is 6.92 Å². The second-order valence-corrected chi connectivity index (χ2v) is 6.11. The third-order valence-electron chi connectivity index (χ3n) is 4.25. The van der Waals surface area contributed by atoms with Crippen molar-refractivity contribution in [2.75, 3.05) is 32.9 Å². The lowest BCUT2D eigenvalue weighted by Crippen LogP contribution is -2.49. The number of piperidine rings is 1. The Hall–Kier alpha value is -0.810. The van der Waals surface area contributed by atoms with Crippen molar-refractivity contribution in [2.24, 2.45) is 5.92 Å². The van der Waals surface area contributed by atoms with Crippen molar-refractivity contribution in [3.05, 3.63) is 0 Å². The first-order valence-electron chi connectivity index (χ1n) is 7.90. The minimum atomic E-state index is 0.0464. The van der Waals surface area contributed by atoms with Crippen LogP contribution in [0.25, 0.3) is 0 Å². The molecule has 2 amide bonds. The van der Waals surface area contributed by atoms with E-state index in [4.69, 9.17) is 9.47 Å². The van der Waals surface area contributed by atoms with Crippen LogP contribution in [0.15, 0.2) is 0 Å². The van der Waals surface area contributed by atoms with Crippen LogP contribution in [0.3, 0.4) is 0 Å². The zero-order valence-corrected chi connectivity index (χ0v) is 12.8. The molecule has 0 saturated carbocycles. The fraction of sp³-hybridized carbons (Fsp3) is 0.933.